The number of carbonyl (C=O) groups excluding carboxylic acids is 1. The SMILES string of the molecule is CCCOC(C)(CCC)C(=O)Nc1ccc(OC)c(Cl)c1. The van der Waals surface area contributed by atoms with Gasteiger partial charge in [-0.15, -0.1) is 0 Å². The van der Waals surface area contributed by atoms with Gasteiger partial charge in [-0.25, -0.2) is 0 Å². The van der Waals surface area contributed by atoms with E-state index in [1.54, 1.807) is 25.3 Å². The molecule has 1 aromatic rings. The van der Waals surface area contributed by atoms with Crippen molar-refractivity contribution in [3.05, 3.63) is 23.2 Å². The molecule has 0 radical (unpaired) electrons. The van der Waals surface area contributed by atoms with Crippen LogP contribution in [0.15, 0.2) is 18.2 Å². The van der Waals surface area contributed by atoms with Crippen LogP contribution in [-0.2, 0) is 9.53 Å². The smallest absolute Gasteiger partial charge is 0.256 e. The van der Waals surface area contributed by atoms with Crippen molar-refractivity contribution in [1.29, 1.82) is 0 Å². The minimum Gasteiger partial charge on any atom is -0.495 e. The number of amides is 1. The quantitative estimate of drug-likeness (QED) is 0.779. The summed E-state index contributed by atoms with van der Waals surface area (Å²) in [5.74, 6) is 0.423. The number of halogens is 1. The van der Waals surface area contributed by atoms with Crippen LogP contribution in [0, 0.1) is 0 Å². The van der Waals surface area contributed by atoms with Crippen LogP contribution in [0.2, 0.25) is 5.02 Å². The van der Waals surface area contributed by atoms with Gasteiger partial charge in [-0.05, 0) is 38.0 Å². The fourth-order valence-corrected chi connectivity index (χ4v) is 2.32. The van der Waals surface area contributed by atoms with E-state index in [0.717, 1.165) is 12.8 Å². The maximum absolute atomic E-state index is 12.5. The van der Waals surface area contributed by atoms with E-state index >= 15 is 0 Å². The first-order valence-corrected chi connectivity index (χ1v) is 7.63. The highest BCUT2D eigenvalue weighted by atomic mass is 35.5. The number of carbonyl (C=O) groups is 1. The molecule has 0 aromatic heterocycles. The normalized spacial score (nSPS) is 13.6. The summed E-state index contributed by atoms with van der Waals surface area (Å²) in [6.07, 6.45) is 2.42. The van der Waals surface area contributed by atoms with Gasteiger partial charge in [-0.1, -0.05) is 31.9 Å². The van der Waals surface area contributed by atoms with Crippen LogP contribution in [0.1, 0.15) is 40.0 Å². The molecule has 1 rings (SSSR count). The summed E-state index contributed by atoms with van der Waals surface area (Å²) in [5.41, 5.74) is -0.190. The zero-order valence-corrected chi connectivity index (χ0v) is 13.9. The molecule has 0 aliphatic carbocycles. The van der Waals surface area contributed by atoms with Gasteiger partial charge in [0.25, 0.3) is 5.91 Å². The Balaban J connectivity index is 2.83. The molecule has 0 saturated carbocycles. The molecule has 0 fully saturated rings. The zero-order valence-electron chi connectivity index (χ0n) is 13.2. The number of anilines is 1. The molecule has 1 amide bonds. The molecule has 1 atom stereocenters. The van der Waals surface area contributed by atoms with Crippen molar-refractivity contribution >= 4 is 23.2 Å². The van der Waals surface area contributed by atoms with Gasteiger partial charge < -0.3 is 14.8 Å². The fraction of sp³-hybridized carbons (Fsp3) is 0.562. The van der Waals surface area contributed by atoms with Crippen molar-refractivity contribution < 1.29 is 14.3 Å². The second-order valence-electron chi connectivity index (χ2n) is 5.13. The number of methoxy groups -OCH3 is 1. The van der Waals surface area contributed by atoms with Gasteiger partial charge in [0.2, 0.25) is 0 Å². The lowest BCUT2D eigenvalue weighted by Crippen LogP contribution is -2.43. The Kier molecular flexibility index (Phi) is 6.99. The minimum absolute atomic E-state index is 0.154. The molecule has 118 valence electrons. The lowest BCUT2D eigenvalue weighted by Gasteiger charge is -2.28. The molecule has 0 heterocycles. The number of hydrogen-bond donors (Lipinski definition) is 1. The Labute approximate surface area is 131 Å². The number of rotatable bonds is 8. The molecule has 1 N–H and O–H groups in total. The van der Waals surface area contributed by atoms with Crippen LogP contribution < -0.4 is 10.1 Å². The third-order valence-corrected chi connectivity index (χ3v) is 3.54. The van der Waals surface area contributed by atoms with E-state index in [1.165, 1.54) is 0 Å². The molecule has 4 nitrogen and oxygen atoms in total. The molecule has 0 aliphatic heterocycles. The molecule has 0 saturated heterocycles. The third kappa shape index (κ3) is 4.90. The maximum atomic E-state index is 12.5. The van der Waals surface area contributed by atoms with Gasteiger partial charge in [-0.3, -0.25) is 4.79 Å². The maximum Gasteiger partial charge on any atom is 0.256 e. The predicted octanol–water partition coefficient (Wildman–Crippen LogP) is 4.27. The number of ether oxygens (including phenoxy) is 2. The monoisotopic (exact) mass is 313 g/mol. The highest BCUT2D eigenvalue weighted by Crippen LogP contribution is 2.28. The Bertz CT molecular complexity index is 479. The largest absolute Gasteiger partial charge is 0.495 e. The minimum atomic E-state index is -0.822. The summed E-state index contributed by atoms with van der Waals surface area (Å²) in [4.78, 5) is 12.5. The number of nitrogens with one attached hydrogen (secondary N) is 1. The summed E-state index contributed by atoms with van der Waals surface area (Å²) in [5, 5.41) is 3.32. The Morgan fingerprint density at radius 2 is 2.05 bits per heavy atom. The average Bonchev–Trinajstić information content (AvgIpc) is 2.45. The van der Waals surface area contributed by atoms with E-state index < -0.39 is 5.60 Å². The first-order chi connectivity index (χ1) is 9.96. The van der Waals surface area contributed by atoms with Crippen LogP contribution in [0.3, 0.4) is 0 Å². The lowest BCUT2D eigenvalue weighted by atomic mass is 9.99. The van der Waals surface area contributed by atoms with Crippen LogP contribution in [-0.4, -0.2) is 25.2 Å². The van der Waals surface area contributed by atoms with Crippen molar-refractivity contribution in [3.63, 3.8) is 0 Å². The van der Waals surface area contributed by atoms with Gasteiger partial charge in [-0.2, -0.15) is 0 Å². The van der Waals surface area contributed by atoms with E-state index in [1.807, 2.05) is 20.8 Å². The first-order valence-electron chi connectivity index (χ1n) is 7.25. The van der Waals surface area contributed by atoms with E-state index in [4.69, 9.17) is 21.1 Å². The van der Waals surface area contributed by atoms with E-state index in [0.29, 0.717) is 29.5 Å². The fourth-order valence-electron chi connectivity index (χ4n) is 2.06. The Morgan fingerprint density at radius 1 is 1.33 bits per heavy atom. The summed E-state index contributed by atoms with van der Waals surface area (Å²) < 4.78 is 10.9. The Hall–Kier alpha value is -1.26. The summed E-state index contributed by atoms with van der Waals surface area (Å²) in [6, 6.07) is 5.15. The predicted molar refractivity (Wildman–Crippen MR) is 86.2 cm³/mol. The number of hydrogen-bond acceptors (Lipinski definition) is 3. The molecular weight excluding hydrogens is 290 g/mol. The summed E-state index contributed by atoms with van der Waals surface area (Å²) >= 11 is 6.06. The van der Waals surface area contributed by atoms with Crippen molar-refractivity contribution in [2.24, 2.45) is 0 Å². The highest BCUT2D eigenvalue weighted by molar-refractivity contribution is 6.32. The van der Waals surface area contributed by atoms with Gasteiger partial charge in [0.1, 0.15) is 11.4 Å². The van der Waals surface area contributed by atoms with Gasteiger partial charge in [0, 0.05) is 12.3 Å². The molecule has 1 unspecified atom stereocenters. The molecule has 0 aliphatic rings. The van der Waals surface area contributed by atoms with E-state index in [2.05, 4.69) is 5.32 Å². The molecule has 5 heteroatoms. The van der Waals surface area contributed by atoms with E-state index in [-0.39, 0.29) is 5.91 Å². The van der Waals surface area contributed by atoms with Crippen LogP contribution >= 0.6 is 11.6 Å². The average molecular weight is 314 g/mol. The molecular formula is C16H24ClNO3. The van der Waals surface area contributed by atoms with Crippen molar-refractivity contribution in [1.82, 2.24) is 0 Å². The third-order valence-electron chi connectivity index (χ3n) is 3.24. The van der Waals surface area contributed by atoms with Crippen molar-refractivity contribution in [2.45, 2.75) is 45.6 Å². The second-order valence-corrected chi connectivity index (χ2v) is 5.54. The van der Waals surface area contributed by atoms with Gasteiger partial charge in [0.15, 0.2) is 0 Å². The van der Waals surface area contributed by atoms with Gasteiger partial charge in [0.05, 0.1) is 12.1 Å². The number of benzene rings is 1. The standard InChI is InChI=1S/C16H24ClNO3/c1-5-9-16(3,21-10-6-2)15(19)18-12-7-8-14(20-4)13(17)11-12/h7-8,11H,5-6,9-10H2,1-4H3,(H,18,19). The highest BCUT2D eigenvalue weighted by Gasteiger charge is 2.33. The molecule has 21 heavy (non-hydrogen) atoms. The topological polar surface area (TPSA) is 47.6 Å². The molecule has 0 bridgehead atoms. The molecule has 0 spiro atoms. The van der Waals surface area contributed by atoms with Crippen LogP contribution in [0.5, 0.6) is 5.75 Å². The second kappa shape index (κ2) is 8.25. The Morgan fingerprint density at radius 3 is 2.57 bits per heavy atom. The lowest BCUT2D eigenvalue weighted by molar-refractivity contribution is -0.140. The van der Waals surface area contributed by atoms with E-state index in [9.17, 15) is 4.79 Å². The molecule has 1 aromatic carbocycles. The zero-order chi connectivity index (χ0) is 15.9. The summed E-state index contributed by atoms with van der Waals surface area (Å²) in [6.45, 7) is 6.44. The summed E-state index contributed by atoms with van der Waals surface area (Å²) in [7, 11) is 1.55. The van der Waals surface area contributed by atoms with Crippen LogP contribution in [0.25, 0.3) is 0 Å². The van der Waals surface area contributed by atoms with Gasteiger partial charge >= 0.3 is 0 Å². The van der Waals surface area contributed by atoms with Crippen molar-refractivity contribution in [2.75, 3.05) is 19.0 Å². The van der Waals surface area contributed by atoms with Crippen LogP contribution in [0.4, 0.5) is 5.69 Å². The van der Waals surface area contributed by atoms with Crippen molar-refractivity contribution in [3.8, 4) is 5.75 Å². The first kappa shape index (κ1) is 17.8.